The predicted octanol–water partition coefficient (Wildman–Crippen LogP) is 3.51. The molecule has 0 heterocycles. The number of unbranched alkanes of at least 4 members (excludes halogenated alkanes) is 3. The first kappa shape index (κ1) is 12.7. The molecule has 0 atom stereocenters. The molecule has 1 heteroatoms. The van der Waals surface area contributed by atoms with E-state index in [1.54, 1.807) is 0 Å². The molecule has 0 saturated carbocycles. The summed E-state index contributed by atoms with van der Waals surface area (Å²) in [6.45, 7) is 13.8. The Balaban J connectivity index is 3.46. The van der Waals surface area contributed by atoms with Crippen molar-refractivity contribution in [3.8, 4) is 0 Å². The van der Waals surface area contributed by atoms with Crippen LogP contribution in [0.25, 0.3) is 0 Å². The van der Waals surface area contributed by atoms with Gasteiger partial charge in [-0.15, -0.1) is 0 Å². The summed E-state index contributed by atoms with van der Waals surface area (Å²) in [5, 5.41) is 3.52. The molecule has 0 fully saturated rings. The Bertz CT molecular complexity index is 147. The first-order valence-electron chi connectivity index (χ1n) is 5.41. The van der Waals surface area contributed by atoms with Gasteiger partial charge in [-0.05, 0) is 33.7 Å². The molecule has 0 aliphatic rings. The number of nitrogens with one attached hydrogen (secondary N) is 1. The van der Waals surface area contributed by atoms with E-state index >= 15 is 0 Å². The maximum atomic E-state index is 3.98. The van der Waals surface area contributed by atoms with E-state index in [4.69, 9.17) is 0 Å². The zero-order valence-corrected chi connectivity index (χ0v) is 9.74. The fourth-order valence-electron chi connectivity index (χ4n) is 1.10. The summed E-state index contributed by atoms with van der Waals surface area (Å²) in [6.07, 6.45) is 5.29. The monoisotopic (exact) mass is 183 g/mol. The van der Waals surface area contributed by atoms with Gasteiger partial charge < -0.3 is 5.32 Å². The lowest BCUT2D eigenvalue weighted by molar-refractivity contribution is 0.439. The van der Waals surface area contributed by atoms with Gasteiger partial charge in [-0.25, -0.2) is 0 Å². The molecular weight excluding hydrogens is 158 g/mol. The van der Waals surface area contributed by atoms with Crippen molar-refractivity contribution in [2.24, 2.45) is 0 Å². The van der Waals surface area contributed by atoms with E-state index < -0.39 is 0 Å². The van der Waals surface area contributed by atoms with E-state index in [0.29, 0.717) is 0 Å². The smallest absolute Gasteiger partial charge is 0.0331 e. The number of hydrogen-bond donors (Lipinski definition) is 1. The van der Waals surface area contributed by atoms with Gasteiger partial charge in [0, 0.05) is 5.54 Å². The molecule has 1 nitrogen and oxygen atoms in total. The largest absolute Gasteiger partial charge is 0.308 e. The van der Waals surface area contributed by atoms with Gasteiger partial charge in [0.1, 0.15) is 0 Å². The van der Waals surface area contributed by atoms with Gasteiger partial charge in [0.25, 0.3) is 0 Å². The molecule has 0 aromatic rings. The van der Waals surface area contributed by atoms with Gasteiger partial charge in [-0.3, -0.25) is 0 Å². The fourth-order valence-corrected chi connectivity index (χ4v) is 1.10. The van der Waals surface area contributed by atoms with Crippen LogP contribution >= 0.6 is 0 Å². The second-order valence-electron chi connectivity index (χ2n) is 4.39. The molecule has 0 aromatic carbocycles. The maximum Gasteiger partial charge on any atom is 0.0331 e. The Morgan fingerprint density at radius 2 is 1.85 bits per heavy atom. The molecule has 0 amide bonds. The normalized spacial score (nSPS) is 11.7. The van der Waals surface area contributed by atoms with Crippen molar-refractivity contribution < 1.29 is 0 Å². The molecule has 78 valence electrons. The molecule has 0 bridgehead atoms. The third-order valence-corrected chi connectivity index (χ3v) is 2.66. The highest BCUT2D eigenvalue weighted by molar-refractivity contribution is 5.09. The van der Waals surface area contributed by atoms with E-state index in [1.807, 2.05) is 0 Å². The average Bonchev–Trinajstić information content (AvgIpc) is 2.03. The van der Waals surface area contributed by atoms with Crippen LogP contribution in [0.15, 0.2) is 12.2 Å². The van der Waals surface area contributed by atoms with Gasteiger partial charge in [-0.2, -0.15) is 0 Å². The van der Waals surface area contributed by atoms with Crippen LogP contribution < -0.4 is 5.32 Å². The SMILES string of the molecule is C=C(C)C(C)(C)NCCCCCC. The van der Waals surface area contributed by atoms with Crippen molar-refractivity contribution >= 4 is 0 Å². The van der Waals surface area contributed by atoms with Crippen LogP contribution in [0.4, 0.5) is 0 Å². The fraction of sp³-hybridized carbons (Fsp3) is 0.833. The Morgan fingerprint density at radius 3 is 2.31 bits per heavy atom. The highest BCUT2D eigenvalue weighted by Crippen LogP contribution is 2.12. The standard InChI is InChI=1S/C12H25N/c1-6-7-8-9-10-13-12(4,5)11(2)3/h13H,2,6-10H2,1,3-5H3. The summed E-state index contributed by atoms with van der Waals surface area (Å²) < 4.78 is 0. The van der Waals surface area contributed by atoms with Gasteiger partial charge in [-0.1, -0.05) is 38.3 Å². The van der Waals surface area contributed by atoms with Gasteiger partial charge >= 0.3 is 0 Å². The van der Waals surface area contributed by atoms with Crippen LogP contribution in [0.3, 0.4) is 0 Å². The molecule has 0 spiro atoms. The molecule has 13 heavy (non-hydrogen) atoms. The highest BCUT2D eigenvalue weighted by Gasteiger charge is 2.16. The molecular formula is C12H25N. The average molecular weight is 183 g/mol. The lowest BCUT2D eigenvalue weighted by Gasteiger charge is -2.26. The first-order chi connectivity index (χ1) is 6.00. The summed E-state index contributed by atoms with van der Waals surface area (Å²) >= 11 is 0. The molecule has 0 radical (unpaired) electrons. The van der Waals surface area contributed by atoms with Crippen LogP contribution in [0.2, 0.25) is 0 Å². The van der Waals surface area contributed by atoms with Crippen molar-refractivity contribution in [1.82, 2.24) is 5.32 Å². The minimum Gasteiger partial charge on any atom is -0.308 e. The van der Waals surface area contributed by atoms with Crippen molar-refractivity contribution in [3.05, 3.63) is 12.2 Å². The Kier molecular flexibility index (Phi) is 6.06. The zero-order valence-electron chi connectivity index (χ0n) is 9.74. The van der Waals surface area contributed by atoms with E-state index in [2.05, 4.69) is 39.6 Å². The van der Waals surface area contributed by atoms with Crippen LogP contribution in [0.5, 0.6) is 0 Å². The second kappa shape index (κ2) is 6.20. The lowest BCUT2D eigenvalue weighted by atomic mass is 9.97. The Hall–Kier alpha value is -0.300. The van der Waals surface area contributed by atoms with Crippen molar-refractivity contribution in [1.29, 1.82) is 0 Å². The Morgan fingerprint density at radius 1 is 1.23 bits per heavy atom. The quantitative estimate of drug-likeness (QED) is 0.470. The molecule has 0 aliphatic heterocycles. The van der Waals surface area contributed by atoms with Crippen molar-refractivity contribution in [2.75, 3.05) is 6.54 Å². The maximum absolute atomic E-state index is 3.98. The number of hydrogen-bond acceptors (Lipinski definition) is 1. The zero-order chi connectivity index (χ0) is 10.3. The lowest BCUT2D eigenvalue weighted by Crippen LogP contribution is -2.40. The van der Waals surface area contributed by atoms with E-state index in [0.717, 1.165) is 6.54 Å². The third-order valence-electron chi connectivity index (χ3n) is 2.66. The third kappa shape index (κ3) is 5.87. The van der Waals surface area contributed by atoms with Gasteiger partial charge in [0.2, 0.25) is 0 Å². The van der Waals surface area contributed by atoms with Crippen LogP contribution in [-0.4, -0.2) is 12.1 Å². The van der Waals surface area contributed by atoms with E-state index in [-0.39, 0.29) is 5.54 Å². The van der Waals surface area contributed by atoms with Crippen molar-refractivity contribution in [3.63, 3.8) is 0 Å². The summed E-state index contributed by atoms with van der Waals surface area (Å²) in [5.74, 6) is 0. The van der Waals surface area contributed by atoms with Crippen LogP contribution in [0.1, 0.15) is 53.4 Å². The second-order valence-corrected chi connectivity index (χ2v) is 4.39. The molecule has 0 aliphatic carbocycles. The Labute approximate surface area is 83.6 Å². The topological polar surface area (TPSA) is 12.0 Å². The molecule has 1 N–H and O–H groups in total. The predicted molar refractivity (Wildman–Crippen MR) is 61.0 cm³/mol. The minimum atomic E-state index is 0.103. The summed E-state index contributed by atoms with van der Waals surface area (Å²) in [6, 6.07) is 0. The van der Waals surface area contributed by atoms with Gasteiger partial charge in [0.15, 0.2) is 0 Å². The number of rotatable bonds is 7. The molecule has 0 saturated heterocycles. The van der Waals surface area contributed by atoms with Crippen LogP contribution in [0, 0.1) is 0 Å². The van der Waals surface area contributed by atoms with Gasteiger partial charge in [0.05, 0.1) is 0 Å². The summed E-state index contributed by atoms with van der Waals surface area (Å²) in [4.78, 5) is 0. The molecule has 0 rings (SSSR count). The van der Waals surface area contributed by atoms with Crippen LogP contribution in [-0.2, 0) is 0 Å². The summed E-state index contributed by atoms with van der Waals surface area (Å²) in [7, 11) is 0. The van der Waals surface area contributed by atoms with Crippen molar-refractivity contribution in [2.45, 2.75) is 58.9 Å². The molecule has 0 unspecified atom stereocenters. The van der Waals surface area contributed by atoms with E-state index in [9.17, 15) is 0 Å². The minimum absolute atomic E-state index is 0.103. The molecule has 0 aromatic heterocycles. The van der Waals surface area contributed by atoms with E-state index in [1.165, 1.54) is 31.3 Å². The first-order valence-corrected chi connectivity index (χ1v) is 5.41. The summed E-state index contributed by atoms with van der Waals surface area (Å²) in [5.41, 5.74) is 1.31. The highest BCUT2D eigenvalue weighted by atomic mass is 14.9.